The van der Waals surface area contributed by atoms with Crippen LogP contribution in [0.25, 0.3) is 0 Å². The molecule has 0 radical (unpaired) electrons. The number of urea groups is 1. The normalized spacial score (nSPS) is 22.5. The summed E-state index contributed by atoms with van der Waals surface area (Å²) in [5.74, 6) is -1.73. The van der Waals surface area contributed by atoms with Gasteiger partial charge in [0.25, 0.3) is 11.8 Å². The zero-order valence-corrected chi connectivity index (χ0v) is 28.4. The molecule has 49 heavy (non-hydrogen) atoms. The number of benzene rings is 2. The number of amides is 5. The summed E-state index contributed by atoms with van der Waals surface area (Å²) in [6.07, 6.45) is 4.14. The fourth-order valence-electron chi connectivity index (χ4n) is 7.30. The van der Waals surface area contributed by atoms with Gasteiger partial charge >= 0.3 is 6.03 Å². The van der Waals surface area contributed by atoms with Gasteiger partial charge in [-0.2, -0.15) is 0 Å². The minimum Gasteiger partial charge on any atom is -0.410 e. The van der Waals surface area contributed by atoms with E-state index in [-0.39, 0.29) is 71.6 Å². The Bertz CT molecular complexity index is 1730. The topological polar surface area (TPSA) is 176 Å². The molecule has 3 atom stereocenters. The second-order valence-electron chi connectivity index (χ2n) is 14.1. The van der Waals surface area contributed by atoms with Crippen LogP contribution in [0.1, 0.15) is 57.6 Å². The molecule has 2 aromatic carbocycles. The molecule has 1 unspecified atom stereocenters. The molecule has 2 saturated carbocycles. The van der Waals surface area contributed by atoms with Crippen molar-refractivity contribution in [2.24, 2.45) is 28.8 Å². The lowest BCUT2D eigenvalue weighted by Crippen LogP contribution is -2.59. The smallest absolute Gasteiger partial charge is 0.318 e. The van der Waals surface area contributed by atoms with Crippen LogP contribution in [0.3, 0.4) is 0 Å². The molecular formula is C35H41ClFN7O5. The van der Waals surface area contributed by atoms with Crippen LogP contribution in [0, 0.1) is 34.9 Å². The van der Waals surface area contributed by atoms with E-state index >= 15 is 0 Å². The molecule has 0 aromatic heterocycles. The van der Waals surface area contributed by atoms with Crippen LogP contribution in [0.15, 0.2) is 41.6 Å². The summed E-state index contributed by atoms with van der Waals surface area (Å²) in [6, 6.07) is 7.51. The van der Waals surface area contributed by atoms with Gasteiger partial charge in [0.05, 0.1) is 22.5 Å². The minimum absolute atomic E-state index is 0.0940. The standard InChI is InChI=1S/C35H41ClFN7O5/c1-17(2)27-16-44(34(48)41-27)35(33(47)40-26-13-23(37)9-11-25(26)36)14-21-8-10-24(12-22(21)15-35)39-32(46)30(28(19-4-5-19)20-6-7-20)42-31(45)29(43-49)18(3)38/h8-13,17,19-20,27-28,30,38,49H,4-7,14-16H2,1-3H3,(H,39,46)(H,40,47)(H,41,48)(H,42,45)/b38-18?,43-29+/t27-,30-,35?/m0/s1. The van der Waals surface area contributed by atoms with Crippen LogP contribution < -0.4 is 21.3 Å². The van der Waals surface area contributed by atoms with E-state index in [4.69, 9.17) is 17.0 Å². The molecule has 260 valence electrons. The molecule has 3 aliphatic carbocycles. The number of anilines is 2. The third kappa shape index (κ3) is 6.99. The van der Waals surface area contributed by atoms with Gasteiger partial charge < -0.3 is 36.8 Å². The van der Waals surface area contributed by atoms with Gasteiger partial charge in [0, 0.05) is 25.1 Å². The highest BCUT2D eigenvalue weighted by atomic mass is 35.5. The maximum absolute atomic E-state index is 14.2. The lowest BCUT2D eigenvalue weighted by Gasteiger charge is -2.36. The van der Waals surface area contributed by atoms with Crippen LogP contribution >= 0.6 is 11.6 Å². The summed E-state index contributed by atoms with van der Waals surface area (Å²) in [5, 5.41) is 31.8. The Morgan fingerprint density at radius 2 is 1.73 bits per heavy atom. The number of rotatable bonds is 12. The maximum Gasteiger partial charge on any atom is 0.318 e. The Hall–Kier alpha value is -4.52. The maximum atomic E-state index is 14.2. The molecule has 1 aliphatic heterocycles. The van der Waals surface area contributed by atoms with Crippen molar-refractivity contribution in [2.45, 2.75) is 76.9 Å². The summed E-state index contributed by atoms with van der Waals surface area (Å²) >= 11 is 6.30. The van der Waals surface area contributed by atoms with Crippen molar-refractivity contribution in [3.8, 4) is 0 Å². The third-order valence-electron chi connectivity index (χ3n) is 10.3. The van der Waals surface area contributed by atoms with E-state index in [2.05, 4.69) is 26.4 Å². The van der Waals surface area contributed by atoms with Crippen molar-refractivity contribution in [3.05, 3.63) is 58.4 Å². The van der Waals surface area contributed by atoms with Gasteiger partial charge in [-0.05, 0) is 97.7 Å². The largest absolute Gasteiger partial charge is 0.410 e. The van der Waals surface area contributed by atoms with Crippen molar-refractivity contribution >= 4 is 58.2 Å². The molecule has 1 saturated heterocycles. The highest BCUT2D eigenvalue weighted by molar-refractivity contribution is 6.65. The molecule has 0 bridgehead atoms. The van der Waals surface area contributed by atoms with Gasteiger partial charge in [-0.15, -0.1) is 0 Å². The summed E-state index contributed by atoms with van der Waals surface area (Å²) in [5.41, 5.74) is 0.0436. The molecule has 4 aliphatic rings. The average Bonchev–Trinajstić information content (AvgIpc) is 3.98. The first-order valence-electron chi connectivity index (χ1n) is 16.7. The van der Waals surface area contributed by atoms with Gasteiger partial charge in [0.1, 0.15) is 17.4 Å². The second-order valence-corrected chi connectivity index (χ2v) is 14.5. The molecule has 6 N–H and O–H groups in total. The number of carbonyl (C=O) groups excluding carboxylic acids is 4. The SMILES string of the molecule is CC(=N)/C(=N\O)C(=O)N[C@H](C(=O)Nc1ccc2c(c1)CC(C(=O)Nc1cc(F)ccc1Cl)(N1C[C@@H](C(C)C)NC1=O)C2)C(C1CC1)C1CC1. The number of nitrogens with one attached hydrogen (secondary N) is 5. The predicted octanol–water partition coefficient (Wildman–Crippen LogP) is 4.73. The van der Waals surface area contributed by atoms with Crippen molar-refractivity contribution in [1.82, 2.24) is 15.5 Å². The van der Waals surface area contributed by atoms with Crippen LogP contribution in [0.4, 0.5) is 20.6 Å². The zero-order valence-electron chi connectivity index (χ0n) is 27.6. The van der Waals surface area contributed by atoms with Crippen molar-refractivity contribution < 1.29 is 28.8 Å². The highest BCUT2D eigenvalue weighted by Crippen LogP contribution is 2.51. The van der Waals surface area contributed by atoms with E-state index in [1.165, 1.54) is 19.1 Å². The van der Waals surface area contributed by atoms with Crippen LogP contribution in [0.2, 0.25) is 5.02 Å². The molecule has 0 spiro atoms. The zero-order chi connectivity index (χ0) is 35.2. The predicted molar refractivity (Wildman–Crippen MR) is 183 cm³/mol. The number of hydrogen-bond acceptors (Lipinski definition) is 7. The van der Waals surface area contributed by atoms with Crippen molar-refractivity contribution in [3.63, 3.8) is 0 Å². The lowest BCUT2D eigenvalue weighted by atomic mass is 9.88. The minimum atomic E-state index is -1.36. The Labute approximate surface area is 288 Å². The molecule has 3 fully saturated rings. The molecule has 1 heterocycles. The molecular weight excluding hydrogens is 653 g/mol. The number of halogens is 2. The third-order valence-corrected chi connectivity index (χ3v) is 10.6. The second kappa shape index (κ2) is 13.4. The first kappa shape index (κ1) is 34.3. The Kier molecular flexibility index (Phi) is 9.40. The quantitative estimate of drug-likeness (QED) is 0.107. The number of carbonyl (C=O) groups is 4. The van der Waals surface area contributed by atoms with Crippen LogP contribution in [-0.2, 0) is 27.2 Å². The number of oxime groups is 1. The molecule has 5 amide bonds. The van der Waals surface area contributed by atoms with Gasteiger partial charge in [-0.1, -0.05) is 36.7 Å². The highest BCUT2D eigenvalue weighted by Gasteiger charge is 2.54. The molecule has 6 rings (SSSR count). The van der Waals surface area contributed by atoms with Gasteiger partial charge in [-0.3, -0.25) is 14.4 Å². The summed E-state index contributed by atoms with van der Waals surface area (Å²) in [7, 11) is 0. The molecule has 12 nitrogen and oxygen atoms in total. The Morgan fingerprint density at radius 1 is 1.06 bits per heavy atom. The van der Waals surface area contributed by atoms with Gasteiger partial charge in [0.2, 0.25) is 5.91 Å². The van der Waals surface area contributed by atoms with Crippen LogP contribution in [0.5, 0.6) is 0 Å². The lowest BCUT2D eigenvalue weighted by molar-refractivity contribution is -0.125. The van der Waals surface area contributed by atoms with Crippen molar-refractivity contribution in [2.75, 3.05) is 17.2 Å². The monoisotopic (exact) mass is 693 g/mol. The number of hydrogen-bond donors (Lipinski definition) is 6. The summed E-state index contributed by atoms with van der Waals surface area (Å²) in [6.45, 7) is 5.60. The van der Waals surface area contributed by atoms with E-state index in [0.29, 0.717) is 5.69 Å². The fraction of sp³-hybridized carbons (Fsp3) is 0.486. The van der Waals surface area contributed by atoms with Crippen molar-refractivity contribution in [1.29, 1.82) is 5.41 Å². The summed E-state index contributed by atoms with van der Waals surface area (Å²) < 4.78 is 14.1. The van der Waals surface area contributed by atoms with E-state index in [1.54, 1.807) is 17.0 Å². The van der Waals surface area contributed by atoms with E-state index in [1.807, 2.05) is 19.9 Å². The van der Waals surface area contributed by atoms with E-state index in [9.17, 15) is 28.8 Å². The Morgan fingerprint density at radius 3 is 2.33 bits per heavy atom. The number of fused-ring (bicyclic) bond motifs is 1. The molecule has 14 heteroatoms. The van der Waals surface area contributed by atoms with Crippen LogP contribution in [-0.4, -0.2) is 69.5 Å². The fourth-order valence-corrected chi connectivity index (χ4v) is 7.46. The summed E-state index contributed by atoms with van der Waals surface area (Å²) in [4.78, 5) is 56.1. The average molecular weight is 694 g/mol. The van der Waals surface area contributed by atoms with Gasteiger partial charge in [-0.25, -0.2) is 9.18 Å². The van der Waals surface area contributed by atoms with Gasteiger partial charge in [0.15, 0.2) is 5.71 Å². The van der Waals surface area contributed by atoms with E-state index < -0.39 is 40.8 Å². The number of nitrogens with zero attached hydrogens (tertiary/aromatic N) is 2. The first-order chi connectivity index (χ1) is 23.3. The molecule has 2 aromatic rings. The first-order valence-corrected chi connectivity index (χ1v) is 17.0. The van der Waals surface area contributed by atoms with E-state index in [0.717, 1.165) is 42.9 Å². The Balaban J connectivity index is 1.27.